The van der Waals surface area contributed by atoms with Gasteiger partial charge in [-0.3, -0.25) is 4.79 Å². The van der Waals surface area contributed by atoms with Crippen molar-refractivity contribution in [3.05, 3.63) is 0 Å². The number of carbonyl (C=O) groups excluding carboxylic acids is 1. The maximum absolute atomic E-state index is 11.2. The monoisotopic (exact) mass is 188 g/mol. The molecule has 0 aliphatic heterocycles. The summed E-state index contributed by atoms with van der Waals surface area (Å²) < 4.78 is 5.25. The number of nitrogens with one attached hydrogen (secondary N) is 1. The van der Waals surface area contributed by atoms with E-state index in [-0.39, 0.29) is 12.0 Å². The summed E-state index contributed by atoms with van der Waals surface area (Å²) in [4.78, 5) is 11.2. The van der Waals surface area contributed by atoms with E-state index >= 15 is 0 Å². The summed E-state index contributed by atoms with van der Waals surface area (Å²) in [6.45, 7) is 8.29. The summed E-state index contributed by atoms with van der Waals surface area (Å²) in [6, 6.07) is 0. The van der Waals surface area contributed by atoms with Gasteiger partial charge in [0.05, 0.1) is 18.2 Å². The minimum Gasteiger partial charge on any atom is -0.377 e. The van der Waals surface area contributed by atoms with Crippen LogP contribution in [0.15, 0.2) is 0 Å². The fraction of sp³-hybridized carbons (Fsp3) is 0.889. The first-order chi connectivity index (χ1) is 5.84. The van der Waals surface area contributed by atoms with Gasteiger partial charge >= 0.3 is 0 Å². The number of ether oxygens (including phenoxy) is 1. The van der Waals surface area contributed by atoms with Gasteiger partial charge in [0.2, 0.25) is 5.91 Å². The Kier molecular flexibility index (Phi) is 4.95. The van der Waals surface area contributed by atoms with Gasteiger partial charge in [0, 0.05) is 6.54 Å². The van der Waals surface area contributed by atoms with E-state index in [1.807, 2.05) is 13.8 Å². The van der Waals surface area contributed by atoms with E-state index in [0.717, 1.165) is 0 Å². The molecule has 0 fully saturated rings. The second kappa shape index (κ2) is 5.19. The molecule has 0 aliphatic rings. The number of rotatable bonds is 5. The number of hydrogen-bond acceptors (Lipinski definition) is 3. The van der Waals surface area contributed by atoms with Crippen molar-refractivity contribution in [2.45, 2.75) is 39.3 Å². The third kappa shape index (κ3) is 6.54. The van der Waals surface area contributed by atoms with Crippen molar-refractivity contribution in [1.29, 1.82) is 0 Å². The van der Waals surface area contributed by atoms with E-state index < -0.39 is 5.54 Å². The Balaban J connectivity index is 3.49. The van der Waals surface area contributed by atoms with Crippen LogP contribution >= 0.6 is 0 Å². The lowest BCUT2D eigenvalue weighted by Crippen LogP contribution is -2.49. The highest BCUT2D eigenvalue weighted by Crippen LogP contribution is 1.95. The minimum absolute atomic E-state index is 0.153. The van der Waals surface area contributed by atoms with Crippen LogP contribution in [0.25, 0.3) is 0 Å². The lowest BCUT2D eigenvalue weighted by Gasteiger charge is -2.17. The Hall–Kier alpha value is -0.610. The van der Waals surface area contributed by atoms with Crippen LogP contribution in [0.5, 0.6) is 0 Å². The first-order valence-electron chi connectivity index (χ1n) is 4.53. The smallest absolute Gasteiger partial charge is 0.239 e. The fourth-order valence-corrected chi connectivity index (χ4v) is 0.687. The first-order valence-corrected chi connectivity index (χ1v) is 4.53. The van der Waals surface area contributed by atoms with Gasteiger partial charge in [0.25, 0.3) is 0 Å². The van der Waals surface area contributed by atoms with Crippen LogP contribution in [-0.2, 0) is 9.53 Å². The van der Waals surface area contributed by atoms with Gasteiger partial charge in [0.15, 0.2) is 0 Å². The summed E-state index contributed by atoms with van der Waals surface area (Å²) in [5.41, 5.74) is 4.76. The van der Waals surface area contributed by atoms with Gasteiger partial charge < -0.3 is 15.8 Å². The van der Waals surface area contributed by atoms with E-state index in [1.165, 1.54) is 0 Å². The molecule has 78 valence electrons. The quantitative estimate of drug-likeness (QED) is 0.608. The molecule has 3 N–H and O–H groups in total. The molecule has 0 atom stereocenters. The van der Waals surface area contributed by atoms with Crippen LogP contribution in [0.4, 0.5) is 0 Å². The van der Waals surface area contributed by atoms with Crippen LogP contribution in [-0.4, -0.2) is 30.7 Å². The van der Waals surface area contributed by atoms with Crippen molar-refractivity contribution in [2.24, 2.45) is 5.73 Å². The van der Waals surface area contributed by atoms with Crippen LogP contribution in [0, 0.1) is 0 Å². The molecule has 0 heterocycles. The van der Waals surface area contributed by atoms with Crippen molar-refractivity contribution in [1.82, 2.24) is 5.32 Å². The van der Waals surface area contributed by atoms with Crippen LogP contribution < -0.4 is 11.1 Å². The lowest BCUT2D eigenvalue weighted by molar-refractivity contribution is -0.125. The molecule has 1 amide bonds. The largest absolute Gasteiger partial charge is 0.377 e. The molecule has 0 unspecified atom stereocenters. The van der Waals surface area contributed by atoms with Crippen molar-refractivity contribution < 1.29 is 9.53 Å². The Morgan fingerprint density at radius 2 is 2.08 bits per heavy atom. The highest BCUT2D eigenvalue weighted by Gasteiger charge is 2.20. The topological polar surface area (TPSA) is 64.3 Å². The summed E-state index contributed by atoms with van der Waals surface area (Å²) in [6.07, 6.45) is 0.197. The average molecular weight is 188 g/mol. The number of hydrogen-bond donors (Lipinski definition) is 2. The molecule has 4 nitrogen and oxygen atoms in total. The van der Waals surface area contributed by atoms with Gasteiger partial charge in [-0.15, -0.1) is 0 Å². The van der Waals surface area contributed by atoms with E-state index in [0.29, 0.717) is 13.2 Å². The average Bonchev–Trinajstić information content (AvgIpc) is 1.95. The molecule has 0 saturated heterocycles. The summed E-state index contributed by atoms with van der Waals surface area (Å²) >= 11 is 0. The maximum Gasteiger partial charge on any atom is 0.239 e. The molecular formula is C9H20N2O2. The highest BCUT2D eigenvalue weighted by atomic mass is 16.5. The molecule has 0 rings (SSSR count). The van der Waals surface area contributed by atoms with Gasteiger partial charge in [0.1, 0.15) is 0 Å². The molecule has 13 heavy (non-hydrogen) atoms. The van der Waals surface area contributed by atoms with Crippen molar-refractivity contribution >= 4 is 5.91 Å². The molecule has 0 spiro atoms. The van der Waals surface area contributed by atoms with Crippen LogP contribution in [0.2, 0.25) is 0 Å². The van der Waals surface area contributed by atoms with Crippen molar-refractivity contribution in [3.63, 3.8) is 0 Å². The number of amides is 1. The number of nitrogens with two attached hydrogens (primary N) is 1. The fourth-order valence-electron chi connectivity index (χ4n) is 0.687. The van der Waals surface area contributed by atoms with E-state index in [1.54, 1.807) is 13.8 Å². The molecule has 0 radical (unpaired) electrons. The van der Waals surface area contributed by atoms with Gasteiger partial charge in [-0.2, -0.15) is 0 Å². The Morgan fingerprint density at radius 3 is 2.46 bits per heavy atom. The van der Waals surface area contributed by atoms with Crippen LogP contribution in [0.1, 0.15) is 27.7 Å². The second-order valence-corrected chi connectivity index (χ2v) is 3.90. The molecule has 0 aromatic rings. The first kappa shape index (κ1) is 12.4. The van der Waals surface area contributed by atoms with Gasteiger partial charge in [-0.1, -0.05) is 0 Å². The molecule has 0 saturated carbocycles. The highest BCUT2D eigenvalue weighted by molar-refractivity contribution is 5.84. The molecule has 4 heteroatoms. The second-order valence-electron chi connectivity index (χ2n) is 3.90. The van der Waals surface area contributed by atoms with Gasteiger partial charge in [-0.25, -0.2) is 0 Å². The molecule has 0 aromatic heterocycles. The summed E-state index contributed by atoms with van der Waals surface area (Å²) in [5.74, 6) is -0.153. The number of carbonyl (C=O) groups is 1. The maximum atomic E-state index is 11.2. The van der Waals surface area contributed by atoms with E-state index in [2.05, 4.69) is 5.32 Å². The lowest BCUT2D eigenvalue weighted by atomic mass is 10.1. The molecule has 0 aromatic carbocycles. The Morgan fingerprint density at radius 1 is 1.54 bits per heavy atom. The SMILES string of the molecule is CC(C)OCCNC(=O)C(C)(C)N. The van der Waals surface area contributed by atoms with Gasteiger partial charge in [-0.05, 0) is 27.7 Å². The van der Waals surface area contributed by atoms with Crippen molar-refractivity contribution in [2.75, 3.05) is 13.2 Å². The standard InChI is InChI=1S/C9H20N2O2/c1-7(2)13-6-5-11-8(12)9(3,4)10/h7H,5-6,10H2,1-4H3,(H,11,12). The van der Waals surface area contributed by atoms with Crippen molar-refractivity contribution in [3.8, 4) is 0 Å². The normalized spacial score (nSPS) is 11.8. The zero-order chi connectivity index (χ0) is 10.5. The Labute approximate surface area is 79.8 Å². The van der Waals surface area contributed by atoms with Crippen LogP contribution in [0.3, 0.4) is 0 Å². The predicted octanol–water partition coefficient (Wildman–Crippen LogP) is 0.265. The Bertz CT molecular complexity index is 161. The summed E-state index contributed by atoms with van der Waals surface area (Å²) in [7, 11) is 0. The third-order valence-corrected chi connectivity index (χ3v) is 1.42. The molecule has 0 bridgehead atoms. The molecule has 0 aliphatic carbocycles. The zero-order valence-electron chi connectivity index (χ0n) is 8.89. The zero-order valence-corrected chi connectivity index (χ0v) is 8.89. The predicted molar refractivity (Wildman–Crippen MR) is 52.4 cm³/mol. The van der Waals surface area contributed by atoms with E-state index in [4.69, 9.17) is 10.5 Å². The summed E-state index contributed by atoms with van der Waals surface area (Å²) in [5, 5.41) is 2.69. The minimum atomic E-state index is -0.808. The molecular weight excluding hydrogens is 168 g/mol. The third-order valence-electron chi connectivity index (χ3n) is 1.42. The van der Waals surface area contributed by atoms with E-state index in [9.17, 15) is 4.79 Å².